The predicted molar refractivity (Wildman–Crippen MR) is 90.3 cm³/mol. The smallest absolute Gasteiger partial charge is 0.276 e. The van der Waals surface area contributed by atoms with Gasteiger partial charge in [-0.1, -0.05) is 6.07 Å². The van der Waals surface area contributed by atoms with Crippen LogP contribution in [0.5, 0.6) is 0 Å². The van der Waals surface area contributed by atoms with Gasteiger partial charge in [-0.05, 0) is 31.9 Å². The van der Waals surface area contributed by atoms with E-state index in [2.05, 4.69) is 9.97 Å². The number of amides is 1. The minimum Gasteiger partial charge on any atom is -0.448 e. The van der Waals surface area contributed by atoms with E-state index in [1.165, 1.54) is 6.26 Å². The normalized spacial score (nSPS) is 17.2. The Labute approximate surface area is 145 Å². The summed E-state index contributed by atoms with van der Waals surface area (Å²) in [4.78, 5) is 27.8. The summed E-state index contributed by atoms with van der Waals surface area (Å²) in [6, 6.07) is 5.84. The second-order valence-corrected chi connectivity index (χ2v) is 6.17. The summed E-state index contributed by atoms with van der Waals surface area (Å²) < 4.78 is 7.12. The van der Waals surface area contributed by atoms with Gasteiger partial charge in [0.1, 0.15) is 17.9 Å². The molecule has 1 aliphatic rings. The summed E-state index contributed by atoms with van der Waals surface area (Å²) in [5.41, 5.74) is 1.24. The highest BCUT2D eigenvalue weighted by Crippen LogP contribution is 2.32. The Bertz CT molecular complexity index is 914. The van der Waals surface area contributed by atoms with Crippen LogP contribution in [0.2, 0.25) is 0 Å². The molecule has 1 fully saturated rings. The SMILES string of the molecule is Cc1nc(C(=O)N2CCC[C@H]2c2cccc(-n3ccnc3C)n2)co1. The Morgan fingerprint density at radius 3 is 2.88 bits per heavy atom. The molecule has 7 nitrogen and oxygen atoms in total. The molecule has 4 heterocycles. The highest BCUT2D eigenvalue weighted by molar-refractivity contribution is 5.92. The van der Waals surface area contributed by atoms with Gasteiger partial charge in [0.05, 0.1) is 11.7 Å². The van der Waals surface area contributed by atoms with E-state index in [0.717, 1.165) is 30.2 Å². The van der Waals surface area contributed by atoms with Crippen LogP contribution in [-0.2, 0) is 0 Å². The molecule has 0 spiro atoms. The van der Waals surface area contributed by atoms with Crippen molar-refractivity contribution in [2.75, 3.05) is 6.54 Å². The molecule has 0 bridgehead atoms. The second-order valence-electron chi connectivity index (χ2n) is 6.17. The topological polar surface area (TPSA) is 77.1 Å². The van der Waals surface area contributed by atoms with Crippen molar-refractivity contribution < 1.29 is 9.21 Å². The van der Waals surface area contributed by atoms with Crippen molar-refractivity contribution in [1.82, 2.24) is 24.4 Å². The number of hydrogen-bond donors (Lipinski definition) is 0. The van der Waals surface area contributed by atoms with Gasteiger partial charge in [0.2, 0.25) is 0 Å². The first kappa shape index (κ1) is 15.6. The molecule has 3 aromatic rings. The van der Waals surface area contributed by atoms with Crippen molar-refractivity contribution in [3.63, 3.8) is 0 Å². The molecule has 4 rings (SSSR count). The average Bonchev–Trinajstić information content (AvgIpc) is 3.34. The maximum absolute atomic E-state index is 12.8. The largest absolute Gasteiger partial charge is 0.448 e. The van der Waals surface area contributed by atoms with Crippen LogP contribution in [-0.4, -0.2) is 36.9 Å². The molecule has 0 saturated carbocycles. The van der Waals surface area contributed by atoms with Crippen molar-refractivity contribution in [2.45, 2.75) is 32.7 Å². The Hall–Kier alpha value is -2.96. The summed E-state index contributed by atoms with van der Waals surface area (Å²) >= 11 is 0. The fraction of sp³-hybridized carbons (Fsp3) is 0.333. The van der Waals surface area contributed by atoms with Crippen LogP contribution < -0.4 is 0 Å². The van der Waals surface area contributed by atoms with E-state index in [1.54, 1.807) is 13.1 Å². The van der Waals surface area contributed by atoms with Gasteiger partial charge < -0.3 is 9.32 Å². The molecule has 1 aliphatic heterocycles. The molecule has 7 heteroatoms. The summed E-state index contributed by atoms with van der Waals surface area (Å²) in [7, 11) is 0. The molecule has 0 N–H and O–H groups in total. The maximum Gasteiger partial charge on any atom is 0.276 e. The number of carbonyl (C=O) groups excluding carboxylic acids is 1. The third-order valence-corrected chi connectivity index (χ3v) is 4.52. The molecule has 1 saturated heterocycles. The summed E-state index contributed by atoms with van der Waals surface area (Å²) in [6.45, 7) is 4.37. The van der Waals surface area contributed by atoms with E-state index in [9.17, 15) is 4.79 Å². The van der Waals surface area contributed by atoms with E-state index >= 15 is 0 Å². The Kier molecular flexibility index (Phi) is 3.83. The number of hydrogen-bond acceptors (Lipinski definition) is 5. The quantitative estimate of drug-likeness (QED) is 0.734. The number of aromatic nitrogens is 4. The summed E-state index contributed by atoms with van der Waals surface area (Å²) in [5, 5.41) is 0. The zero-order chi connectivity index (χ0) is 17.4. The van der Waals surface area contributed by atoms with Gasteiger partial charge in [-0.15, -0.1) is 0 Å². The monoisotopic (exact) mass is 337 g/mol. The predicted octanol–water partition coefficient (Wildman–Crippen LogP) is 2.85. The van der Waals surface area contributed by atoms with Crippen molar-refractivity contribution in [2.24, 2.45) is 0 Å². The molecule has 1 atom stereocenters. The van der Waals surface area contributed by atoms with Crippen LogP contribution in [0.25, 0.3) is 5.82 Å². The molecule has 3 aromatic heterocycles. The van der Waals surface area contributed by atoms with Crippen LogP contribution in [0.4, 0.5) is 0 Å². The lowest BCUT2D eigenvalue weighted by Crippen LogP contribution is -2.31. The number of nitrogens with zero attached hydrogens (tertiary/aromatic N) is 5. The van der Waals surface area contributed by atoms with Gasteiger partial charge in [0.25, 0.3) is 5.91 Å². The number of aryl methyl sites for hydroxylation is 2. The minimum absolute atomic E-state index is 0.0479. The fourth-order valence-corrected chi connectivity index (χ4v) is 3.31. The lowest BCUT2D eigenvalue weighted by atomic mass is 10.1. The van der Waals surface area contributed by atoms with E-state index in [0.29, 0.717) is 18.1 Å². The molecular formula is C18H19N5O2. The average molecular weight is 337 g/mol. The number of carbonyl (C=O) groups is 1. The molecule has 25 heavy (non-hydrogen) atoms. The van der Waals surface area contributed by atoms with E-state index < -0.39 is 0 Å². The fourth-order valence-electron chi connectivity index (χ4n) is 3.31. The number of likely N-dealkylation sites (tertiary alicyclic amines) is 1. The Morgan fingerprint density at radius 2 is 2.16 bits per heavy atom. The van der Waals surface area contributed by atoms with Crippen LogP contribution >= 0.6 is 0 Å². The molecular weight excluding hydrogens is 318 g/mol. The second kappa shape index (κ2) is 6.16. The van der Waals surface area contributed by atoms with Gasteiger partial charge in [0.15, 0.2) is 11.6 Å². The molecule has 1 amide bonds. The highest BCUT2D eigenvalue weighted by atomic mass is 16.3. The van der Waals surface area contributed by atoms with Crippen molar-refractivity contribution in [3.05, 3.63) is 60.0 Å². The summed E-state index contributed by atoms with van der Waals surface area (Å²) in [5.74, 6) is 2.08. The van der Waals surface area contributed by atoms with Crippen molar-refractivity contribution in [3.8, 4) is 5.82 Å². The van der Waals surface area contributed by atoms with Gasteiger partial charge in [-0.3, -0.25) is 9.36 Å². The molecule has 128 valence electrons. The zero-order valence-corrected chi connectivity index (χ0v) is 14.2. The van der Waals surface area contributed by atoms with E-state index in [-0.39, 0.29) is 11.9 Å². The van der Waals surface area contributed by atoms with Crippen LogP contribution in [0.3, 0.4) is 0 Å². The van der Waals surface area contributed by atoms with Crippen LogP contribution in [0.15, 0.2) is 41.3 Å². The Morgan fingerprint density at radius 1 is 1.28 bits per heavy atom. The third-order valence-electron chi connectivity index (χ3n) is 4.52. The lowest BCUT2D eigenvalue weighted by Gasteiger charge is -2.23. The first-order valence-electron chi connectivity index (χ1n) is 8.34. The number of oxazole rings is 1. The standard InChI is InChI=1S/C18H19N5O2/c1-12-19-8-10-22(12)17-7-3-5-14(21-17)16-6-4-9-23(16)18(24)15-11-25-13(2)20-15/h3,5,7-8,10-11,16H,4,6,9H2,1-2H3/t16-/m0/s1. The lowest BCUT2D eigenvalue weighted by molar-refractivity contribution is 0.0727. The maximum atomic E-state index is 12.8. The van der Waals surface area contributed by atoms with E-state index in [1.807, 2.05) is 40.8 Å². The molecule has 0 aromatic carbocycles. The van der Waals surface area contributed by atoms with Crippen LogP contribution in [0, 0.1) is 13.8 Å². The van der Waals surface area contributed by atoms with Crippen molar-refractivity contribution >= 4 is 5.91 Å². The first-order chi connectivity index (χ1) is 12.1. The molecule has 0 aliphatic carbocycles. The zero-order valence-electron chi connectivity index (χ0n) is 14.2. The van der Waals surface area contributed by atoms with Crippen molar-refractivity contribution in [1.29, 1.82) is 0 Å². The van der Waals surface area contributed by atoms with Gasteiger partial charge in [0, 0.05) is 25.9 Å². The van der Waals surface area contributed by atoms with Gasteiger partial charge >= 0.3 is 0 Å². The number of imidazole rings is 1. The highest BCUT2D eigenvalue weighted by Gasteiger charge is 2.33. The van der Waals surface area contributed by atoms with Gasteiger partial charge in [-0.2, -0.15) is 0 Å². The summed E-state index contributed by atoms with van der Waals surface area (Å²) in [6.07, 6.45) is 6.90. The Balaban J connectivity index is 1.64. The van der Waals surface area contributed by atoms with Gasteiger partial charge in [-0.25, -0.2) is 15.0 Å². The van der Waals surface area contributed by atoms with E-state index in [4.69, 9.17) is 9.40 Å². The minimum atomic E-state index is -0.106. The number of pyridine rings is 1. The molecule has 0 radical (unpaired) electrons. The van der Waals surface area contributed by atoms with Crippen LogP contribution in [0.1, 0.15) is 46.8 Å². The number of rotatable bonds is 3. The first-order valence-corrected chi connectivity index (χ1v) is 8.34. The third kappa shape index (κ3) is 2.82. The molecule has 0 unspecified atom stereocenters.